The topological polar surface area (TPSA) is 103 Å². The lowest BCUT2D eigenvalue weighted by atomic mass is 10.1. The number of para-hydroxylation sites is 1. The molecule has 2 N–H and O–H groups in total. The Balaban J connectivity index is 1.42. The van der Waals surface area contributed by atoms with Crippen LogP contribution in [-0.2, 0) is 10.0 Å². The van der Waals surface area contributed by atoms with Gasteiger partial charge in [0, 0.05) is 37.3 Å². The molecule has 3 aromatic carbocycles. The number of carboxylic acids is 1. The molecule has 1 aliphatic heterocycles. The summed E-state index contributed by atoms with van der Waals surface area (Å²) in [7, 11) is -3.90. The van der Waals surface area contributed by atoms with Gasteiger partial charge in [-0.05, 0) is 79.9 Å². The van der Waals surface area contributed by atoms with Crippen LogP contribution in [0, 0.1) is 26.6 Å². The number of benzene rings is 3. The van der Waals surface area contributed by atoms with Crippen LogP contribution in [0.2, 0.25) is 0 Å². The van der Waals surface area contributed by atoms with E-state index < -0.39 is 16.0 Å². The van der Waals surface area contributed by atoms with Crippen molar-refractivity contribution in [2.75, 3.05) is 40.7 Å². The third kappa shape index (κ3) is 5.24. The summed E-state index contributed by atoms with van der Waals surface area (Å²) in [6, 6.07) is 16.3. The Labute approximate surface area is 226 Å². The van der Waals surface area contributed by atoms with E-state index in [1.54, 1.807) is 43.3 Å². The molecule has 1 saturated heterocycles. The van der Waals surface area contributed by atoms with Crippen LogP contribution in [-0.4, -0.2) is 50.7 Å². The molecule has 0 aliphatic carbocycles. The lowest BCUT2D eigenvalue weighted by Crippen LogP contribution is -2.47. The van der Waals surface area contributed by atoms with Crippen LogP contribution in [0.15, 0.2) is 65.6 Å². The van der Waals surface area contributed by atoms with E-state index in [1.807, 2.05) is 29.7 Å². The number of pyridine rings is 1. The van der Waals surface area contributed by atoms with Gasteiger partial charge in [0.05, 0.1) is 21.7 Å². The molecule has 0 bridgehead atoms. The number of fused-ring (bicyclic) bond motifs is 1. The highest BCUT2D eigenvalue weighted by Gasteiger charge is 2.23. The number of aromatic carboxylic acids is 1. The highest BCUT2D eigenvalue weighted by atomic mass is 32.2. The summed E-state index contributed by atoms with van der Waals surface area (Å²) in [6.45, 7) is 7.71. The SMILES string of the molecule is Cc1cc(C)c(S(=O)(=O)Nc2ccc3nc(N4CCN(c5ccccc5F)CC4)cc(C(=O)O)c3c2)cc1C. The Bertz CT molecular complexity index is 1700. The van der Waals surface area contributed by atoms with Gasteiger partial charge in [-0.3, -0.25) is 4.72 Å². The quantitative estimate of drug-likeness (QED) is 0.345. The number of halogens is 1. The Morgan fingerprint density at radius 1 is 0.897 bits per heavy atom. The first kappa shape index (κ1) is 26.4. The van der Waals surface area contributed by atoms with Gasteiger partial charge in [0.2, 0.25) is 0 Å². The predicted octanol–water partition coefficient (Wildman–Crippen LogP) is 5.12. The molecule has 1 fully saturated rings. The maximum absolute atomic E-state index is 14.2. The van der Waals surface area contributed by atoms with Gasteiger partial charge in [0.1, 0.15) is 11.6 Å². The van der Waals surface area contributed by atoms with Crippen molar-refractivity contribution in [2.24, 2.45) is 0 Å². The monoisotopic (exact) mass is 548 g/mol. The third-order valence-electron chi connectivity index (χ3n) is 7.16. The summed E-state index contributed by atoms with van der Waals surface area (Å²) < 4.78 is 43.2. The molecule has 0 radical (unpaired) electrons. The van der Waals surface area contributed by atoms with E-state index in [2.05, 4.69) is 9.71 Å². The molecule has 1 aliphatic rings. The molecule has 0 atom stereocenters. The number of nitrogens with zero attached hydrogens (tertiary/aromatic N) is 3. The van der Waals surface area contributed by atoms with E-state index in [0.29, 0.717) is 54.2 Å². The zero-order valence-electron chi connectivity index (χ0n) is 21.9. The summed E-state index contributed by atoms with van der Waals surface area (Å²) in [5.41, 5.74) is 3.73. The molecule has 0 unspecified atom stereocenters. The molecule has 0 spiro atoms. The number of carbonyl (C=O) groups is 1. The molecule has 39 heavy (non-hydrogen) atoms. The molecule has 202 valence electrons. The standard InChI is InChI=1S/C29H29FN4O4S/c1-18-14-20(3)27(15-19(18)2)39(37,38)32-21-8-9-25-22(16-21)23(29(35)36)17-28(31-25)34-12-10-33(11-13-34)26-7-5-4-6-24(26)30/h4-9,14-17,32H,10-13H2,1-3H3,(H,35,36). The molecule has 4 aromatic rings. The first-order valence-corrected chi connectivity index (χ1v) is 14.0. The van der Waals surface area contributed by atoms with Gasteiger partial charge in [-0.15, -0.1) is 0 Å². The highest BCUT2D eigenvalue weighted by molar-refractivity contribution is 7.92. The molecule has 10 heteroatoms. The van der Waals surface area contributed by atoms with E-state index in [-0.39, 0.29) is 22.0 Å². The van der Waals surface area contributed by atoms with E-state index in [9.17, 15) is 22.7 Å². The molecule has 1 aromatic heterocycles. The minimum Gasteiger partial charge on any atom is -0.478 e. The van der Waals surface area contributed by atoms with Crippen LogP contribution in [0.4, 0.5) is 21.6 Å². The van der Waals surface area contributed by atoms with Crippen LogP contribution < -0.4 is 14.5 Å². The zero-order chi connectivity index (χ0) is 27.9. The smallest absolute Gasteiger partial charge is 0.336 e. The van der Waals surface area contributed by atoms with Crippen molar-refractivity contribution in [2.45, 2.75) is 25.7 Å². The van der Waals surface area contributed by atoms with Crippen molar-refractivity contribution in [3.63, 3.8) is 0 Å². The highest BCUT2D eigenvalue weighted by Crippen LogP contribution is 2.29. The zero-order valence-corrected chi connectivity index (χ0v) is 22.7. The van der Waals surface area contributed by atoms with Gasteiger partial charge >= 0.3 is 5.97 Å². The minimum absolute atomic E-state index is 0.0231. The number of aromatic nitrogens is 1. The Kier molecular flexibility index (Phi) is 6.90. The van der Waals surface area contributed by atoms with E-state index in [0.717, 1.165) is 11.1 Å². The number of hydrogen-bond donors (Lipinski definition) is 2. The lowest BCUT2D eigenvalue weighted by molar-refractivity contribution is 0.0699. The number of rotatable bonds is 6. The van der Waals surface area contributed by atoms with Crippen molar-refractivity contribution < 1.29 is 22.7 Å². The first-order chi connectivity index (χ1) is 18.5. The summed E-state index contributed by atoms with van der Waals surface area (Å²) in [5, 5.41) is 10.3. The van der Waals surface area contributed by atoms with Crippen molar-refractivity contribution in [3.05, 3.63) is 88.7 Å². The molecule has 0 amide bonds. The van der Waals surface area contributed by atoms with Gasteiger partial charge in [0.15, 0.2) is 0 Å². The normalized spacial score (nSPS) is 14.1. The summed E-state index contributed by atoms with van der Waals surface area (Å²) in [5.74, 6) is -0.909. The van der Waals surface area contributed by atoms with Crippen LogP contribution in [0.3, 0.4) is 0 Å². The summed E-state index contributed by atoms with van der Waals surface area (Å²) in [6.07, 6.45) is 0. The molecule has 8 nitrogen and oxygen atoms in total. The van der Waals surface area contributed by atoms with Crippen LogP contribution in [0.25, 0.3) is 10.9 Å². The average Bonchev–Trinajstić information content (AvgIpc) is 2.90. The third-order valence-corrected chi connectivity index (χ3v) is 8.68. The summed E-state index contributed by atoms with van der Waals surface area (Å²) >= 11 is 0. The molecule has 0 saturated carbocycles. The fraction of sp³-hybridized carbons (Fsp3) is 0.241. The van der Waals surface area contributed by atoms with Crippen molar-refractivity contribution >= 4 is 44.1 Å². The molecule has 5 rings (SSSR count). The van der Waals surface area contributed by atoms with Crippen LogP contribution in [0.1, 0.15) is 27.0 Å². The second-order valence-corrected chi connectivity index (χ2v) is 11.4. The molecular formula is C29H29FN4O4S. The number of carboxylic acid groups (broad SMARTS) is 1. The van der Waals surface area contributed by atoms with E-state index in [4.69, 9.17) is 0 Å². The maximum Gasteiger partial charge on any atom is 0.336 e. The molecule has 2 heterocycles. The Morgan fingerprint density at radius 2 is 1.56 bits per heavy atom. The number of aryl methyl sites for hydroxylation is 3. The minimum atomic E-state index is -3.90. The first-order valence-electron chi connectivity index (χ1n) is 12.6. The number of sulfonamides is 1. The maximum atomic E-state index is 14.2. The Hall–Kier alpha value is -4.18. The van der Waals surface area contributed by atoms with Crippen molar-refractivity contribution in [3.8, 4) is 0 Å². The van der Waals surface area contributed by atoms with E-state index in [1.165, 1.54) is 18.2 Å². The number of anilines is 3. The van der Waals surface area contributed by atoms with Crippen LogP contribution in [0.5, 0.6) is 0 Å². The predicted molar refractivity (Wildman–Crippen MR) is 151 cm³/mol. The van der Waals surface area contributed by atoms with E-state index >= 15 is 0 Å². The van der Waals surface area contributed by atoms with Crippen LogP contribution >= 0.6 is 0 Å². The van der Waals surface area contributed by atoms with Gasteiger partial charge in [-0.1, -0.05) is 18.2 Å². The number of nitrogens with one attached hydrogen (secondary N) is 1. The summed E-state index contributed by atoms with van der Waals surface area (Å²) in [4.78, 5) is 21.0. The van der Waals surface area contributed by atoms with Gasteiger partial charge < -0.3 is 14.9 Å². The van der Waals surface area contributed by atoms with Crippen molar-refractivity contribution in [1.29, 1.82) is 0 Å². The van der Waals surface area contributed by atoms with Gasteiger partial charge in [-0.2, -0.15) is 0 Å². The Morgan fingerprint density at radius 3 is 2.26 bits per heavy atom. The van der Waals surface area contributed by atoms with Crippen molar-refractivity contribution in [1.82, 2.24) is 4.98 Å². The number of piperazine rings is 1. The fourth-order valence-corrected chi connectivity index (χ4v) is 6.29. The fourth-order valence-electron chi connectivity index (χ4n) is 4.93. The second-order valence-electron chi connectivity index (χ2n) is 9.80. The largest absolute Gasteiger partial charge is 0.478 e. The molecular weight excluding hydrogens is 519 g/mol. The van der Waals surface area contributed by atoms with Gasteiger partial charge in [0.25, 0.3) is 10.0 Å². The number of hydrogen-bond acceptors (Lipinski definition) is 6. The second kappa shape index (κ2) is 10.2. The lowest BCUT2D eigenvalue weighted by Gasteiger charge is -2.37. The van der Waals surface area contributed by atoms with Gasteiger partial charge in [-0.25, -0.2) is 22.6 Å². The average molecular weight is 549 g/mol.